The van der Waals surface area contributed by atoms with Gasteiger partial charge in [-0.25, -0.2) is 13.4 Å². The van der Waals surface area contributed by atoms with Crippen LogP contribution in [0.4, 0.5) is 13.2 Å². The molecule has 1 aromatic carbocycles. The van der Waals surface area contributed by atoms with Crippen molar-refractivity contribution < 1.29 is 35.5 Å². The van der Waals surface area contributed by atoms with Crippen LogP contribution in [0.15, 0.2) is 21.4 Å². The SMILES string of the molecule is CC(C)(C)c1nc2ccc(Cl)c(S(=O)(=O)N3C[C@H]4N(C(=O)C(F)(F)F)CCO[C@]4(C)C3)c2o1. The maximum absolute atomic E-state index is 13.7. The van der Waals surface area contributed by atoms with Crippen LogP contribution in [0, 0.1) is 0 Å². The number of hydrogen-bond acceptors (Lipinski definition) is 6. The van der Waals surface area contributed by atoms with Crippen molar-refractivity contribution in [3.8, 4) is 0 Å². The summed E-state index contributed by atoms with van der Waals surface area (Å²) in [6.45, 7) is 5.98. The molecule has 1 amide bonds. The molecule has 0 spiro atoms. The Bertz CT molecular complexity index is 1220. The average molecular weight is 510 g/mol. The van der Waals surface area contributed by atoms with Gasteiger partial charge in [0, 0.05) is 25.0 Å². The van der Waals surface area contributed by atoms with E-state index in [1.165, 1.54) is 19.1 Å². The smallest absolute Gasteiger partial charge is 0.439 e. The van der Waals surface area contributed by atoms with E-state index in [9.17, 15) is 26.4 Å². The number of aromatic nitrogens is 1. The van der Waals surface area contributed by atoms with Crippen molar-refractivity contribution in [2.45, 2.75) is 55.8 Å². The van der Waals surface area contributed by atoms with Gasteiger partial charge in [0.15, 0.2) is 5.58 Å². The normalized spacial score (nSPS) is 25.0. The van der Waals surface area contributed by atoms with E-state index in [2.05, 4.69) is 4.98 Å². The number of ether oxygens (including phenoxy) is 1. The van der Waals surface area contributed by atoms with Gasteiger partial charge >= 0.3 is 12.1 Å². The Balaban J connectivity index is 1.76. The number of fused-ring (bicyclic) bond motifs is 2. The quantitative estimate of drug-likeness (QED) is 0.616. The van der Waals surface area contributed by atoms with Crippen molar-refractivity contribution in [1.29, 1.82) is 0 Å². The highest BCUT2D eigenvalue weighted by atomic mass is 35.5. The first-order valence-corrected chi connectivity index (χ1v) is 12.0. The molecule has 2 atom stereocenters. The zero-order chi connectivity index (χ0) is 24.6. The standard InChI is InChI=1S/C20H23ClF3N3O5S/c1-18(2,3)16-25-12-6-5-11(21)15(14(12)32-16)33(29,30)26-9-13-19(4,10-26)31-8-7-27(13)17(28)20(22,23)24/h5-6,13H,7-10H2,1-4H3/t13-,19-/m1/s1. The van der Waals surface area contributed by atoms with E-state index in [0.717, 1.165) is 4.31 Å². The molecule has 0 bridgehead atoms. The molecule has 0 unspecified atom stereocenters. The number of rotatable bonds is 2. The first-order valence-electron chi connectivity index (χ1n) is 10.2. The van der Waals surface area contributed by atoms with Crippen molar-refractivity contribution in [2.75, 3.05) is 26.2 Å². The summed E-state index contributed by atoms with van der Waals surface area (Å²) in [4.78, 5) is 16.7. The van der Waals surface area contributed by atoms with Gasteiger partial charge in [-0.05, 0) is 19.1 Å². The number of nitrogens with zero attached hydrogens (tertiary/aromatic N) is 3. The van der Waals surface area contributed by atoms with Gasteiger partial charge in [0.05, 0.1) is 17.7 Å². The summed E-state index contributed by atoms with van der Waals surface area (Å²) in [6.07, 6.45) is -5.08. The number of amides is 1. The number of oxazole rings is 1. The average Bonchev–Trinajstić information content (AvgIpc) is 3.27. The Morgan fingerprint density at radius 3 is 2.55 bits per heavy atom. The Morgan fingerprint density at radius 1 is 1.27 bits per heavy atom. The Labute approximate surface area is 193 Å². The van der Waals surface area contributed by atoms with E-state index in [1.54, 1.807) is 0 Å². The van der Waals surface area contributed by atoms with Gasteiger partial charge in [0.25, 0.3) is 0 Å². The predicted molar refractivity (Wildman–Crippen MR) is 112 cm³/mol. The third kappa shape index (κ3) is 4.00. The maximum Gasteiger partial charge on any atom is 0.471 e. The minimum Gasteiger partial charge on any atom is -0.439 e. The van der Waals surface area contributed by atoms with Crippen LogP contribution >= 0.6 is 11.6 Å². The van der Waals surface area contributed by atoms with Gasteiger partial charge in [-0.2, -0.15) is 17.5 Å². The Morgan fingerprint density at radius 2 is 1.94 bits per heavy atom. The fraction of sp³-hybridized carbons (Fsp3) is 0.600. The van der Waals surface area contributed by atoms with Crippen LogP contribution in [0.3, 0.4) is 0 Å². The summed E-state index contributed by atoms with van der Waals surface area (Å²) in [5.74, 6) is -1.71. The summed E-state index contributed by atoms with van der Waals surface area (Å²) in [5.41, 5.74) is -1.56. The first kappa shape index (κ1) is 24.2. The number of sulfonamides is 1. The molecule has 2 fully saturated rings. The van der Waals surface area contributed by atoms with Crippen molar-refractivity contribution in [2.24, 2.45) is 0 Å². The lowest BCUT2D eigenvalue weighted by molar-refractivity contribution is -0.200. The van der Waals surface area contributed by atoms with E-state index < -0.39 is 39.2 Å². The van der Waals surface area contributed by atoms with E-state index in [4.69, 9.17) is 20.8 Å². The number of morpholine rings is 1. The fourth-order valence-corrected chi connectivity index (χ4v) is 6.39. The molecular formula is C20H23ClF3N3O5S. The highest BCUT2D eigenvalue weighted by molar-refractivity contribution is 7.89. The summed E-state index contributed by atoms with van der Waals surface area (Å²) in [5, 5.41) is -0.108. The van der Waals surface area contributed by atoms with Crippen molar-refractivity contribution in [1.82, 2.24) is 14.2 Å². The number of carbonyl (C=O) groups is 1. The molecule has 0 N–H and O–H groups in total. The van der Waals surface area contributed by atoms with Crippen molar-refractivity contribution in [3.05, 3.63) is 23.0 Å². The van der Waals surface area contributed by atoms with Crippen LogP contribution < -0.4 is 0 Å². The van der Waals surface area contributed by atoms with Crippen molar-refractivity contribution in [3.63, 3.8) is 0 Å². The van der Waals surface area contributed by atoms with E-state index in [1.807, 2.05) is 20.8 Å². The third-order valence-electron chi connectivity index (χ3n) is 5.92. The van der Waals surface area contributed by atoms with Gasteiger partial charge in [-0.15, -0.1) is 0 Å². The summed E-state index contributed by atoms with van der Waals surface area (Å²) < 4.78 is 79.2. The van der Waals surface area contributed by atoms with E-state index in [-0.39, 0.29) is 47.3 Å². The molecule has 3 heterocycles. The molecular weight excluding hydrogens is 487 g/mol. The second kappa shape index (κ2) is 7.56. The predicted octanol–water partition coefficient (Wildman–Crippen LogP) is 3.33. The number of hydrogen-bond donors (Lipinski definition) is 0. The second-order valence-corrected chi connectivity index (χ2v) is 11.7. The number of benzene rings is 1. The highest BCUT2D eigenvalue weighted by Crippen LogP contribution is 2.41. The van der Waals surface area contributed by atoms with Gasteiger partial charge < -0.3 is 14.1 Å². The molecule has 2 aromatic rings. The minimum atomic E-state index is -5.08. The topological polar surface area (TPSA) is 93.0 Å². The van der Waals surface area contributed by atoms with Gasteiger partial charge in [0.2, 0.25) is 15.9 Å². The van der Waals surface area contributed by atoms with E-state index in [0.29, 0.717) is 10.8 Å². The molecule has 2 aliphatic heterocycles. The van der Waals surface area contributed by atoms with Crippen LogP contribution in [-0.4, -0.2) is 72.6 Å². The lowest BCUT2D eigenvalue weighted by atomic mass is 9.96. The second-order valence-electron chi connectivity index (χ2n) is 9.46. The number of alkyl halides is 3. The molecule has 13 heteroatoms. The zero-order valence-corrected chi connectivity index (χ0v) is 19.9. The highest BCUT2D eigenvalue weighted by Gasteiger charge is 2.57. The summed E-state index contributed by atoms with van der Waals surface area (Å²) >= 11 is 6.28. The molecule has 182 valence electrons. The van der Waals surface area contributed by atoms with Gasteiger partial charge in [-0.1, -0.05) is 32.4 Å². The summed E-state index contributed by atoms with van der Waals surface area (Å²) in [7, 11) is -4.34. The molecule has 2 aliphatic rings. The number of halogens is 4. The Hall–Kier alpha value is -1.89. The van der Waals surface area contributed by atoms with Crippen LogP contribution in [0.2, 0.25) is 5.02 Å². The van der Waals surface area contributed by atoms with Crippen molar-refractivity contribution >= 4 is 38.6 Å². The van der Waals surface area contributed by atoms with Gasteiger partial charge in [-0.3, -0.25) is 4.79 Å². The molecule has 4 rings (SSSR count). The van der Waals surface area contributed by atoms with E-state index >= 15 is 0 Å². The number of carbonyl (C=O) groups excluding carboxylic acids is 1. The largest absolute Gasteiger partial charge is 0.471 e. The zero-order valence-electron chi connectivity index (χ0n) is 18.4. The first-order chi connectivity index (χ1) is 15.1. The van der Waals surface area contributed by atoms with Crippen LogP contribution in [0.5, 0.6) is 0 Å². The maximum atomic E-state index is 13.7. The lowest BCUT2D eigenvalue weighted by Crippen LogP contribution is -2.61. The third-order valence-corrected chi connectivity index (χ3v) is 8.23. The minimum absolute atomic E-state index is 0.0309. The molecule has 1 aromatic heterocycles. The molecule has 2 saturated heterocycles. The fourth-order valence-electron chi connectivity index (χ4n) is 4.23. The van der Waals surface area contributed by atoms with Crippen LogP contribution in [0.1, 0.15) is 33.6 Å². The lowest BCUT2D eigenvalue weighted by Gasteiger charge is -2.43. The molecule has 0 aliphatic carbocycles. The van der Waals surface area contributed by atoms with Gasteiger partial charge in [0.1, 0.15) is 16.0 Å². The van der Waals surface area contributed by atoms with Crippen LogP contribution in [-0.2, 0) is 25.0 Å². The molecule has 0 saturated carbocycles. The monoisotopic (exact) mass is 509 g/mol. The van der Waals surface area contributed by atoms with Crippen LogP contribution in [0.25, 0.3) is 11.1 Å². The summed E-state index contributed by atoms with van der Waals surface area (Å²) in [6, 6.07) is 1.80. The molecule has 33 heavy (non-hydrogen) atoms. The Kier molecular flexibility index (Phi) is 5.55. The molecule has 0 radical (unpaired) electrons. The molecule has 8 nitrogen and oxygen atoms in total.